The van der Waals surface area contributed by atoms with Gasteiger partial charge in [0.2, 0.25) is 5.12 Å². The van der Waals surface area contributed by atoms with Gasteiger partial charge in [-0.15, -0.1) is 0 Å². The van der Waals surface area contributed by atoms with E-state index in [1.807, 2.05) is 54.6 Å². The van der Waals surface area contributed by atoms with Crippen LogP contribution in [0.5, 0.6) is 0 Å². The van der Waals surface area contributed by atoms with Gasteiger partial charge in [0, 0.05) is 11.1 Å². The topological polar surface area (TPSA) is 29.4 Å². The van der Waals surface area contributed by atoms with Gasteiger partial charge in [0.05, 0.1) is 5.69 Å². The molecule has 1 heterocycles. The van der Waals surface area contributed by atoms with Crippen molar-refractivity contribution >= 4 is 27.6 Å². The van der Waals surface area contributed by atoms with E-state index in [0.717, 1.165) is 21.9 Å². The Bertz CT molecular complexity index is 605. The average molecular weight is 239 g/mol. The Labute approximate surface area is 103 Å². The maximum absolute atomic E-state index is 11.7. The number of hydrogen-bond donors (Lipinski definition) is 0. The van der Waals surface area contributed by atoms with Crippen LogP contribution in [-0.4, -0.2) is 10.2 Å². The first-order valence-electron chi connectivity index (χ1n) is 5.30. The fourth-order valence-electron chi connectivity index (χ4n) is 1.75. The molecule has 0 saturated carbocycles. The first-order valence-corrected chi connectivity index (χ1v) is 6.11. The van der Waals surface area contributed by atoms with Crippen LogP contribution in [-0.2, 0) is 0 Å². The lowest BCUT2D eigenvalue weighted by atomic mass is 10.1. The number of benzene rings is 2. The largest absolute Gasteiger partial charge is 0.281 e. The highest BCUT2D eigenvalue weighted by molar-refractivity contribution is 8.27. The van der Waals surface area contributed by atoms with E-state index in [4.69, 9.17) is 0 Å². The number of carbonyl (C=O) groups is 1. The Morgan fingerprint density at radius 3 is 2.24 bits per heavy atom. The van der Waals surface area contributed by atoms with Gasteiger partial charge in [0.25, 0.3) is 0 Å². The van der Waals surface area contributed by atoms with Crippen LogP contribution in [0.2, 0.25) is 0 Å². The number of para-hydroxylation sites is 1. The van der Waals surface area contributed by atoms with Gasteiger partial charge >= 0.3 is 0 Å². The third-order valence-corrected chi connectivity index (χ3v) is 3.46. The van der Waals surface area contributed by atoms with Crippen molar-refractivity contribution in [3.05, 3.63) is 65.7 Å². The summed E-state index contributed by atoms with van der Waals surface area (Å²) in [7, 11) is 0. The number of carbonyl (C=O) groups excluding carboxylic acids is 1. The Morgan fingerprint density at radius 2 is 1.47 bits per heavy atom. The average Bonchev–Trinajstić information content (AvgIpc) is 2.69. The molecule has 0 amide bonds. The molecule has 17 heavy (non-hydrogen) atoms. The van der Waals surface area contributed by atoms with E-state index in [2.05, 4.69) is 4.99 Å². The molecule has 1 aliphatic heterocycles. The second kappa shape index (κ2) is 4.18. The number of aliphatic imine (C=N–C) groups is 1. The van der Waals surface area contributed by atoms with Gasteiger partial charge in [-0.25, -0.2) is 4.99 Å². The van der Waals surface area contributed by atoms with Crippen LogP contribution in [0.3, 0.4) is 0 Å². The maximum Gasteiger partial charge on any atom is 0.226 e. The number of rotatable bonds is 1. The van der Waals surface area contributed by atoms with Crippen LogP contribution >= 0.6 is 11.8 Å². The SMILES string of the molecule is O=C1SC(=Nc2ccccc2)c2ccccc21. The number of nitrogens with zero attached hydrogens (tertiary/aromatic N) is 1. The smallest absolute Gasteiger partial charge is 0.226 e. The lowest BCUT2D eigenvalue weighted by Crippen LogP contribution is -1.89. The molecule has 0 aliphatic carbocycles. The third-order valence-electron chi connectivity index (χ3n) is 2.55. The molecule has 0 N–H and O–H groups in total. The van der Waals surface area contributed by atoms with Crippen molar-refractivity contribution in [3.63, 3.8) is 0 Å². The van der Waals surface area contributed by atoms with Gasteiger partial charge in [-0.1, -0.05) is 36.4 Å². The number of fused-ring (bicyclic) bond motifs is 1. The van der Waals surface area contributed by atoms with Crippen molar-refractivity contribution in [1.82, 2.24) is 0 Å². The van der Waals surface area contributed by atoms with Crippen molar-refractivity contribution in [2.75, 3.05) is 0 Å². The summed E-state index contributed by atoms with van der Waals surface area (Å²) in [6.07, 6.45) is 0. The minimum absolute atomic E-state index is 0.0790. The molecule has 2 aromatic rings. The van der Waals surface area contributed by atoms with E-state index in [0.29, 0.717) is 0 Å². The second-order valence-electron chi connectivity index (χ2n) is 3.69. The molecule has 0 radical (unpaired) electrons. The highest BCUT2D eigenvalue weighted by atomic mass is 32.2. The molecule has 0 bridgehead atoms. The Kier molecular flexibility index (Phi) is 2.53. The molecule has 0 unspecified atom stereocenters. The van der Waals surface area contributed by atoms with E-state index in [-0.39, 0.29) is 5.12 Å². The summed E-state index contributed by atoms with van der Waals surface area (Å²) < 4.78 is 0. The molecule has 0 fully saturated rings. The first-order chi connectivity index (χ1) is 8.34. The molecule has 3 heteroatoms. The summed E-state index contributed by atoms with van der Waals surface area (Å²) in [6, 6.07) is 17.3. The van der Waals surface area contributed by atoms with Crippen molar-refractivity contribution in [2.45, 2.75) is 0 Å². The second-order valence-corrected chi connectivity index (χ2v) is 4.65. The monoisotopic (exact) mass is 239 g/mol. The van der Waals surface area contributed by atoms with Gasteiger partial charge < -0.3 is 0 Å². The molecule has 1 aliphatic rings. The van der Waals surface area contributed by atoms with Crippen LogP contribution in [0.25, 0.3) is 0 Å². The van der Waals surface area contributed by atoms with E-state index in [9.17, 15) is 4.79 Å². The van der Waals surface area contributed by atoms with E-state index in [1.165, 1.54) is 11.8 Å². The highest BCUT2D eigenvalue weighted by Gasteiger charge is 2.25. The normalized spacial score (nSPS) is 16.2. The minimum atomic E-state index is 0.0790. The van der Waals surface area contributed by atoms with Crippen molar-refractivity contribution in [2.24, 2.45) is 4.99 Å². The predicted molar refractivity (Wildman–Crippen MR) is 71.0 cm³/mol. The first kappa shape index (κ1) is 10.3. The van der Waals surface area contributed by atoms with Crippen molar-refractivity contribution in [1.29, 1.82) is 0 Å². The van der Waals surface area contributed by atoms with Crippen molar-refractivity contribution in [3.8, 4) is 0 Å². The van der Waals surface area contributed by atoms with Crippen LogP contribution < -0.4 is 0 Å². The molecule has 2 nitrogen and oxygen atoms in total. The Morgan fingerprint density at radius 1 is 0.824 bits per heavy atom. The molecule has 82 valence electrons. The summed E-state index contributed by atoms with van der Waals surface area (Å²) in [5, 5.41) is 0.868. The Hall–Kier alpha value is -1.87. The fourth-order valence-corrected chi connectivity index (χ4v) is 2.65. The lowest BCUT2D eigenvalue weighted by Gasteiger charge is -1.97. The summed E-state index contributed by atoms with van der Waals surface area (Å²) in [5.74, 6) is 0. The van der Waals surface area contributed by atoms with Gasteiger partial charge in [0.15, 0.2) is 0 Å². The van der Waals surface area contributed by atoms with Gasteiger partial charge in [-0.05, 0) is 30.0 Å². The quantitative estimate of drug-likeness (QED) is 0.760. The van der Waals surface area contributed by atoms with E-state index < -0.39 is 0 Å². The molecule has 0 aromatic heterocycles. The van der Waals surface area contributed by atoms with E-state index >= 15 is 0 Å². The summed E-state index contributed by atoms with van der Waals surface area (Å²) in [4.78, 5) is 16.3. The molecule has 3 rings (SSSR count). The molecule has 2 aromatic carbocycles. The summed E-state index contributed by atoms with van der Waals surface area (Å²) in [6.45, 7) is 0. The number of thioether (sulfide) groups is 1. The van der Waals surface area contributed by atoms with E-state index in [1.54, 1.807) is 0 Å². The van der Waals surface area contributed by atoms with Crippen LogP contribution in [0.1, 0.15) is 15.9 Å². The maximum atomic E-state index is 11.7. The fraction of sp³-hybridized carbons (Fsp3) is 0. The molecular formula is C14H9NOS. The van der Waals surface area contributed by atoms with Gasteiger partial charge in [-0.3, -0.25) is 4.79 Å². The zero-order chi connectivity index (χ0) is 11.7. The number of hydrogen-bond acceptors (Lipinski definition) is 3. The van der Waals surface area contributed by atoms with Crippen molar-refractivity contribution < 1.29 is 4.79 Å². The van der Waals surface area contributed by atoms with Crippen LogP contribution in [0.4, 0.5) is 5.69 Å². The third kappa shape index (κ3) is 1.89. The molecule has 0 atom stereocenters. The minimum Gasteiger partial charge on any atom is -0.281 e. The lowest BCUT2D eigenvalue weighted by molar-refractivity contribution is 0.109. The van der Waals surface area contributed by atoms with Crippen LogP contribution in [0, 0.1) is 0 Å². The Balaban J connectivity index is 2.08. The zero-order valence-electron chi connectivity index (χ0n) is 8.96. The zero-order valence-corrected chi connectivity index (χ0v) is 9.78. The van der Waals surface area contributed by atoms with Gasteiger partial charge in [-0.2, -0.15) is 0 Å². The highest BCUT2D eigenvalue weighted by Crippen LogP contribution is 2.32. The summed E-state index contributed by atoms with van der Waals surface area (Å²) >= 11 is 1.20. The summed E-state index contributed by atoms with van der Waals surface area (Å²) in [5.41, 5.74) is 2.57. The molecule has 0 saturated heterocycles. The van der Waals surface area contributed by atoms with Gasteiger partial charge in [0.1, 0.15) is 5.04 Å². The standard InChI is InChI=1S/C14H9NOS/c16-14-12-9-5-4-8-11(12)13(17-14)15-10-6-2-1-3-7-10/h1-9H. The van der Waals surface area contributed by atoms with Crippen LogP contribution in [0.15, 0.2) is 59.6 Å². The molecular weight excluding hydrogens is 230 g/mol. The predicted octanol–water partition coefficient (Wildman–Crippen LogP) is 3.65. The molecule has 0 spiro atoms.